The molecule has 0 saturated carbocycles. The highest BCUT2D eigenvalue weighted by Crippen LogP contribution is 2.28. The molecule has 0 spiro atoms. The zero-order chi connectivity index (χ0) is 18.5. The third-order valence-corrected chi connectivity index (χ3v) is 4.30. The Labute approximate surface area is 151 Å². The second-order valence-corrected chi connectivity index (χ2v) is 5.95. The number of non-ortho nitro benzene ring substituents is 1. The van der Waals surface area contributed by atoms with E-state index >= 15 is 0 Å². The molecule has 26 heavy (non-hydrogen) atoms. The van der Waals surface area contributed by atoms with Gasteiger partial charge in [0.1, 0.15) is 5.75 Å². The molecule has 1 aliphatic heterocycles. The van der Waals surface area contributed by atoms with Gasteiger partial charge >= 0.3 is 5.97 Å². The number of hydrogen-bond donors (Lipinski definition) is 0. The number of benzene rings is 2. The van der Waals surface area contributed by atoms with Crippen LogP contribution < -0.4 is 9.64 Å². The van der Waals surface area contributed by atoms with Crippen molar-refractivity contribution in [1.29, 1.82) is 0 Å². The lowest BCUT2D eigenvalue weighted by Gasteiger charge is -2.30. The predicted octanol–water partition coefficient (Wildman–Crippen LogP) is 3.21. The molecule has 0 bridgehead atoms. The van der Waals surface area contributed by atoms with E-state index in [4.69, 9.17) is 9.47 Å². The van der Waals surface area contributed by atoms with E-state index in [1.54, 1.807) is 18.2 Å². The Balaban J connectivity index is 1.90. The number of aryl methyl sites for hydroxylation is 1. The van der Waals surface area contributed by atoms with E-state index in [1.165, 1.54) is 12.1 Å². The monoisotopic (exact) mass is 356 g/mol. The third-order valence-electron chi connectivity index (χ3n) is 4.30. The molecule has 0 aliphatic carbocycles. The Morgan fingerprint density at radius 1 is 1.19 bits per heavy atom. The molecule has 1 aliphatic rings. The fourth-order valence-corrected chi connectivity index (χ4v) is 2.84. The smallest absolute Gasteiger partial charge is 0.345 e. The number of carbonyl (C=O) groups is 1. The fraction of sp³-hybridized carbons (Fsp3) is 0.316. The van der Waals surface area contributed by atoms with Crippen LogP contribution in [0.5, 0.6) is 5.75 Å². The van der Waals surface area contributed by atoms with Gasteiger partial charge in [-0.3, -0.25) is 10.1 Å². The summed E-state index contributed by atoms with van der Waals surface area (Å²) in [7, 11) is 0. The molecular weight excluding hydrogens is 336 g/mol. The Morgan fingerprint density at radius 3 is 2.50 bits per heavy atom. The summed E-state index contributed by atoms with van der Waals surface area (Å²) in [4.78, 5) is 25.3. The number of morpholine rings is 1. The summed E-state index contributed by atoms with van der Waals surface area (Å²) < 4.78 is 10.8. The van der Waals surface area contributed by atoms with Gasteiger partial charge in [-0.15, -0.1) is 0 Å². The van der Waals surface area contributed by atoms with Crippen molar-refractivity contribution in [3.8, 4) is 5.75 Å². The average Bonchev–Trinajstić information content (AvgIpc) is 2.68. The SMILES string of the molecule is CCc1ccc(OC(=O)c2cc([N+](=O)[O-])ccc2N2CCOCC2)cc1. The maximum Gasteiger partial charge on any atom is 0.345 e. The zero-order valence-electron chi connectivity index (χ0n) is 14.5. The quantitative estimate of drug-likeness (QED) is 0.354. The molecule has 0 N–H and O–H groups in total. The lowest BCUT2D eigenvalue weighted by atomic mass is 10.1. The first-order valence-electron chi connectivity index (χ1n) is 8.50. The Morgan fingerprint density at radius 2 is 1.88 bits per heavy atom. The highest BCUT2D eigenvalue weighted by molar-refractivity contribution is 5.98. The van der Waals surface area contributed by atoms with Crippen LogP contribution >= 0.6 is 0 Å². The molecule has 3 rings (SSSR count). The van der Waals surface area contributed by atoms with E-state index in [0.717, 1.165) is 12.0 Å². The highest BCUT2D eigenvalue weighted by Gasteiger charge is 2.23. The number of nitro groups is 1. The molecule has 0 amide bonds. The largest absolute Gasteiger partial charge is 0.423 e. The van der Waals surface area contributed by atoms with Crippen LogP contribution in [0.25, 0.3) is 0 Å². The maximum absolute atomic E-state index is 12.7. The second-order valence-electron chi connectivity index (χ2n) is 5.95. The standard InChI is InChI=1S/C19H20N2O5/c1-2-14-3-6-16(7-4-14)26-19(22)17-13-15(21(23)24)5-8-18(17)20-9-11-25-12-10-20/h3-8,13H,2,9-12H2,1H3. The molecule has 7 nitrogen and oxygen atoms in total. The molecule has 0 atom stereocenters. The van der Waals surface area contributed by atoms with Crippen LogP contribution in [0.15, 0.2) is 42.5 Å². The minimum absolute atomic E-state index is 0.143. The molecule has 7 heteroatoms. The van der Waals surface area contributed by atoms with Gasteiger partial charge in [0, 0.05) is 25.2 Å². The Hall–Kier alpha value is -2.93. The van der Waals surface area contributed by atoms with Crippen molar-refractivity contribution < 1.29 is 19.2 Å². The molecule has 1 fully saturated rings. The summed E-state index contributed by atoms with van der Waals surface area (Å²) in [5.41, 5.74) is 1.79. The molecule has 0 unspecified atom stereocenters. The number of anilines is 1. The van der Waals surface area contributed by atoms with E-state index in [9.17, 15) is 14.9 Å². The van der Waals surface area contributed by atoms with E-state index < -0.39 is 10.9 Å². The van der Waals surface area contributed by atoms with E-state index in [0.29, 0.717) is 37.7 Å². The van der Waals surface area contributed by atoms with E-state index in [-0.39, 0.29) is 11.3 Å². The minimum atomic E-state index is -0.612. The summed E-state index contributed by atoms with van der Waals surface area (Å²) in [6.45, 7) is 4.36. The van der Waals surface area contributed by atoms with Crippen molar-refractivity contribution >= 4 is 17.3 Å². The molecule has 0 aromatic heterocycles. The normalized spacial score (nSPS) is 14.1. The summed E-state index contributed by atoms with van der Waals surface area (Å²) in [5, 5.41) is 11.1. The molecule has 1 saturated heterocycles. The number of carbonyl (C=O) groups excluding carboxylic acids is 1. The second kappa shape index (κ2) is 7.97. The van der Waals surface area contributed by atoms with Gasteiger partial charge in [-0.25, -0.2) is 4.79 Å². The van der Waals surface area contributed by atoms with Crippen molar-refractivity contribution in [2.24, 2.45) is 0 Å². The van der Waals surface area contributed by atoms with Crippen molar-refractivity contribution in [1.82, 2.24) is 0 Å². The lowest BCUT2D eigenvalue weighted by Crippen LogP contribution is -2.37. The maximum atomic E-state index is 12.7. The van der Waals surface area contributed by atoms with E-state index in [2.05, 4.69) is 0 Å². The van der Waals surface area contributed by atoms with Crippen LogP contribution in [0.4, 0.5) is 11.4 Å². The molecular formula is C19H20N2O5. The average molecular weight is 356 g/mol. The lowest BCUT2D eigenvalue weighted by molar-refractivity contribution is -0.384. The number of ether oxygens (including phenoxy) is 2. The van der Waals surface area contributed by atoms with Gasteiger partial charge in [0.25, 0.3) is 5.69 Å². The fourth-order valence-electron chi connectivity index (χ4n) is 2.84. The van der Waals surface area contributed by atoms with Crippen LogP contribution in [0.2, 0.25) is 0 Å². The highest BCUT2D eigenvalue weighted by atomic mass is 16.6. The number of rotatable bonds is 5. The van der Waals surface area contributed by atoms with Gasteiger partial charge in [-0.2, -0.15) is 0 Å². The number of hydrogen-bond acceptors (Lipinski definition) is 6. The third kappa shape index (κ3) is 4.00. The van der Waals surface area contributed by atoms with Crippen LogP contribution in [-0.4, -0.2) is 37.2 Å². The van der Waals surface area contributed by atoms with Gasteiger partial charge in [0.2, 0.25) is 0 Å². The topological polar surface area (TPSA) is 81.9 Å². The van der Waals surface area contributed by atoms with Crippen molar-refractivity contribution in [3.05, 3.63) is 63.7 Å². The van der Waals surface area contributed by atoms with Crippen molar-refractivity contribution in [2.45, 2.75) is 13.3 Å². The number of esters is 1. The first-order chi connectivity index (χ1) is 12.6. The molecule has 2 aromatic rings. The minimum Gasteiger partial charge on any atom is -0.423 e. The van der Waals surface area contributed by atoms with Gasteiger partial charge in [-0.05, 0) is 30.2 Å². The molecule has 136 valence electrons. The number of nitro benzene ring substituents is 1. The van der Waals surface area contributed by atoms with Crippen molar-refractivity contribution in [2.75, 3.05) is 31.2 Å². The Kier molecular flexibility index (Phi) is 5.48. The first kappa shape index (κ1) is 17.9. The van der Waals surface area contributed by atoms with Gasteiger partial charge in [0.05, 0.1) is 29.4 Å². The molecule has 2 aromatic carbocycles. The molecule has 1 heterocycles. The van der Waals surface area contributed by atoms with E-state index in [1.807, 2.05) is 24.0 Å². The predicted molar refractivity (Wildman–Crippen MR) is 96.9 cm³/mol. The van der Waals surface area contributed by atoms with Crippen molar-refractivity contribution in [3.63, 3.8) is 0 Å². The summed E-state index contributed by atoms with van der Waals surface area (Å²) in [6, 6.07) is 11.5. The molecule has 0 radical (unpaired) electrons. The number of nitrogens with zero attached hydrogens (tertiary/aromatic N) is 2. The van der Waals surface area contributed by atoms with Crippen LogP contribution in [0, 0.1) is 10.1 Å². The van der Waals surface area contributed by atoms with Gasteiger partial charge in [0.15, 0.2) is 0 Å². The first-order valence-corrected chi connectivity index (χ1v) is 8.50. The summed E-state index contributed by atoms with van der Waals surface area (Å²) in [6.07, 6.45) is 0.889. The van der Waals surface area contributed by atoms with Crippen LogP contribution in [0.1, 0.15) is 22.8 Å². The van der Waals surface area contributed by atoms with Gasteiger partial charge in [-0.1, -0.05) is 19.1 Å². The van der Waals surface area contributed by atoms with Gasteiger partial charge < -0.3 is 14.4 Å². The summed E-state index contributed by atoms with van der Waals surface area (Å²) >= 11 is 0. The van der Waals surface area contributed by atoms with Crippen LogP contribution in [-0.2, 0) is 11.2 Å². The zero-order valence-corrected chi connectivity index (χ0v) is 14.5. The van der Waals surface area contributed by atoms with Crippen LogP contribution in [0.3, 0.4) is 0 Å². The Bertz CT molecular complexity index is 798. The summed E-state index contributed by atoms with van der Waals surface area (Å²) in [5.74, 6) is -0.203.